The highest BCUT2D eigenvalue weighted by Gasteiger charge is 2.26. The second-order valence-electron chi connectivity index (χ2n) is 5.31. The maximum Gasteiger partial charge on any atom is 0.125 e. The fraction of sp³-hybridized carbons (Fsp3) is 0.778. The quantitative estimate of drug-likeness (QED) is 0.576. The Balaban J connectivity index is 0.000000459. The van der Waals surface area contributed by atoms with Gasteiger partial charge < -0.3 is 5.11 Å². The van der Waals surface area contributed by atoms with Crippen molar-refractivity contribution in [2.75, 3.05) is 0 Å². The van der Waals surface area contributed by atoms with Crippen molar-refractivity contribution in [2.45, 2.75) is 90.1 Å². The van der Waals surface area contributed by atoms with Crippen LogP contribution in [0.25, 0.3) is 0 Å². The van der Waals surface area contributed by atoms with Gasteiger partial charge in [0.05, 0.1) is 0 Å². The third-order valence-corrected chi connectivity index (χ3v) is 3.33. The molecule has 0 amide bonds. The Hall–Kier alpha value is -0.920. The van der Waals surface area contributed by atoms with E-state index in [0.29, 0.717) is 0 Å². The van der Waals surface area contributed by atoms with E-state index >= 15 is 0 Å². The zero-order chi connectivity index (χ0) is 14.4. The molecule has 0 spiro atoms. The minimum Gasteiger partial charge on any atom is -0.378 e. The Labute approximate surface area is 120 Å². The minimum atomic E-state index is -0.633. The van der Waals surface area contributed by atoms with E-state index in [2.05, 4.69) is 31.6 Å². The first-order valence-electron chi connectivity index (χ1n) is 7.84. The molecule has 0 saturated heterocycles. The Bertz CT molecular complexity index is 294. The first kappa shape index (κ1) is 18.1. The van der Waals surface area contributed by atoms with Crippen LogP contribution in [-0.4, -0.2) is 10.7 Å². The summed E-state index contributed by atoms with van der Waals surface area (Å²) in [5, 5.41) is 10.00. The van der Waals surface area contributed by atoms with Crippen LogP contribution in [0.15, 0.2) is 0 Å². The van der Waals surface area contributed by atoms with Gasteiger partial charge in [-0.2, -0.15) is 0 Å². The fourth-order valence-corrected chi connectivity index (χ4v) is 2.03. The lowest BCUT2D eigenvalue weighted by atomic mass is 9.85. The summed E-state index contributed by atoms with van der Waals surface area (Å²) in [6.07, 6.45) is 16.9. The highest BCUT2D eigenvalue weighted by Crippen LogP contribution is 2.27. The molecule has 0 bridgehead atoms. The molecule has 0 unspecified atom stereocenters. The Morgan fingerprint density at radius 2 is 1.58 bits per heavy atom. The summed E-state index contributed by atoms with van der Waals surface area (Å²) in [6.45, 7) is 4.30. The molecule has 1 aliphatic carbocycles. The summed E-state index contributed by atoms with van der Waals surface area (Å²) in [6, 6.07) is 0. The number of hydrogen-bond acceptors (Lipinski definition) is 1. The first-order valence-corrected chi connectivity index (χ1v) is 7.84. The molecule has 1 rings (SSSR count). The molecule has 0 aromatic carbocycles. The first-order chi connectivity index (χ1) is 9.18. The van der Waals surface area contributed by atoms with Crippen molar-refractivity contribution in [3.8, 4) is 24.2 Å². The third-order valence-electron chi connectivity index (χ3n) is 3.33. The van der Waals surface area contributed by atoms with E-state index in [0.717, 1.165) is 44.9 Å². The van der Waals surface area contributed by atoms with Gasteiger partial charge in [0.25, 0.3) is 0 Å². The van der Waals surface area contributed by atoms with Gasteiger partial charge in [-0.3, -0.25) is 0 Å². The van der Waals surface area contributed by atoms with Crippen molar-refractivity contribution in [1.82, 2.24) is 0 Å². The van der Waals surface area contributed by atoms with Crippen LogP contribution in [0.2, 0.25) is 0 Å². The van der Waals surface area contributed by atoms with Gasteiger partial charge in [-0.25, -0.2) is 0 Å². The SMILES string of the molecule is C#CCCCC.CCCCC#CC1(O)CCCCC1. The van der Waals surface area contributed by atoms with E-state index in [4.69, 9.17) is 6.42 Å². The van der Waals surface area contributed by atoms with Crippen LogP contribution in [0.1, 0.15) is 84.5 Å². The maximum absolute atomic E-state index is 10.00. The van der Waals surface area contributed by atoms with Gasteiger partial charge in [0.1, 0.15) is 5.60 Å². The lowest BCUT2D eigenvalue weighted by Crippen LogP contribution is -2.29. The molecule has 19 heavy (non-hydrogen) atoms. The van der Waals surface area contributed by atoms with Crippen molar-refractivity contribution in [2.24, 2.45) is 0 Å². The monoisotopic (exact) mass is 262 g/mol. The van der Waals surface area contributed by atoms with Crippen LogP contribution in [0.3, 0.4) is 0 Å². The molecule has 1 saturated carbocycles. The maximum atomic E-state index is 10.00. The minimum absolute atomic E-state index is 0.633. The van der Waals surface area contributed by atoms with E-state index < -0.39 is 5.60 Å². The lowest BCUT2D eigenvalue weighted by Gasteiger charge is -2.26. The van der Waals surface area contributed by atoms with Gasteiger partial charge in [-0.05, 0) is 38.5 Å². The van der Waals surface area contributed by atoms with Crippen molar-refractivity contribution in [3.05, 3.63) is 0 Å². The number of rotatable bonds is 4. The summed E-state index contributed by atoms with van der Waals surface area (Å²) in [5.74, 6) is 8.70. The van der Waals surface area contributed by atoms with Crippen molar-refractivity contribution < 1.29 is 5.11 Å². The van der Waals surface area contributed by atoms with Crippen LogP contribution < -0.4 is 0 Å². The van der Waals surface area contributed by atoms with E-state index in [-0.39, 0.29) is 0 Å². The number of aliphatic hydroxyl groups is 1. The van der Waals surface area contributed by atoms with Gasteiger partial charge >= 0.3 is 0 Å². The molecule has 0 radical (unpaired) electrons. The van der Waals surface area contributed by atoms with Gasteiger partial charge in [0.15, 0.2) is 0 Å². The van der Waals surface area contributed by atoms with Crippen LogP contribution in [0.5, 0.6) is 0 Å². The average molecular weight is 262 g/mol. The lowest BCUT2D eigenvalue weighted by molar-refractivity contribution is 0.0609. The predicted octanol–water partition coefficient (Wildman–Crippen LogP) is 4.69. The van der Waals surface area contributed by atoms with Crippen LogP contribution >= 0.6 is 0 Å². The van der Waals surface area contributed by atoms with E-state index in [1.807, 2.05) is 0 Å². The molecule has 0 heterocycles. The number of unbranched alkanes of at least 4 members (excludes halogenated alkanes) is 4. The van der Waals surface area contributed by atoms with Gasteiger partial charge in [-0.1, -0.05) is 39.0 Å². The number of hydrogen-bond donors (Lipinski definition) is 1. The normalized spacial score (nSPS) is 16.3. The Morgan fingerprint density at radius 3 is 2.05 bits per heavy atom. The highest BCUT2D eigenvalue weighted by molar-refractivity contribution is 5.14. The molecule has 1 heteroatoms. The van der Waals surface area contributed by atoms with Gasteiger partial charge in [-0.15, -0.1) is 18.3 Å². The zero-order valence-electron chi connectivity index (χ0n) is 12.8. The largest absolute Gasteiger partial charge is 0.378 e. The summed E-state index contributed by atoms with van der Waals surface area (Å²) in [5.41, 5.74) is -0.633. The summed E-state index contributed by atoms with van der Waals surface area (Å²) < 4.78 is 0. The van der Waals surface area contributed by atoms with Crippen molar-refractivity contribution in [1.29, 1.82) is 0 Å². The second kappa shape index (κ2) is 12.1. The molecule has 1 N–H and O–H groups in total. The van der Waals surface area contributed by atoms with Crippen molar-refractivity contribution in [3.63, 3.8) is 0 Å². The van der Waals surface area contributed by atoms with Gasteiger partial charge in [0.2, 0.25) is 0 Å². The van der Waals surface area contributed by atoms with Crippen molar-refractivity contribution >= 4 is 0 Å². The molecule has 0 atom stereocenters. The Kier molecular flexibility index (Phi) is 11.5. The topological polar surface area (TPSA) is 20.2 Å². The highest BCUT2D eigenvalue weighted by atomic mass is 16.3. The fourth-order valence-electron chi connectivity index (χ4n) is 2.03. The summed E-state index contributed by atoms with van der Waals surface area (Å²) in [4.78, 5) is 0. The Morgan fingerprint density at radius 1 is 1.00 bits per heavy atom. The molecule has 1 fully saturated rings. The van der Waals surface area contributed by atoms with Gasteiger partial charge in [0, 0.05) is 12.8 Å². The van der Waals surface area contributed by atoms with Crippen LogP contribution in [-0.2, 0) is 0 Å². The molecular weight excluding hydrogens is 232 g/mol. The smallest absolute Gasteiger partial charge is 0.125 e. The standard InChI is InChI=1S/C12H20O.C6H10/c1-2-3-4-6-9-12(13)10-7-5-8-11-12;1-3-5-6-4-2/h13H,2-5,7-8,10-11H2,1H3;1H,4-6H2,2H3. The molecule has 1 aliphatic rings. The number of terminal acetylenes is 1. The molecule has 0 aromatic rings. The summed E-state index contributed by atoms with van der Waals surface area (Å²) >= 11 is 0. The summed E-state index contributed by atoms with van der Waals surface area (Å²) in [7, 11) is 0. The zero-order valence-corrected chi connectivity index (χ0v) is 12.8. The molecule has 1 nitrogen and oxygen atoms in total. The molecule has 108 valence electrons. The van der Waals surface area contributed by atoms with E-state index in [9.17, 15) is 5.11 Å². The average Bonchev–Trinajstić information content (AvgIpc) is 2.43. The second-order valence-corrected chi connectivity index (χ2v) is 5.31. The van der Waals surface area contributed by atoms with Crippen LogP contribution in [0, 0.1) is 24.2 Å². The van der Waals surface area contributed by atoms with E-state index in [1.165, 1.54) is 25.7 Å². The van der Waals surface area contributed by atoms with Crippen LogP contribution in [0.4, 0.5) is 0 Å². The molecule has 0 aliphatic heterocycles. The van der Waals surface area contributed by atoms with E-state index in [1.54, 1.807) is 0 Å². The molecular formula is C18H30O. The predicted molar refractivity (Wildman–Crippen MR) is 83.7 cm³/mol. The third kappa shape index (κ3) is 10.7. The molecule has 0 aromatic heterocycles.